The monoisotopic (exact) mass is 538 g/mol. The number of ether oxygens (including phenoxy) is 2. The van der Waals surface area contributed by atoms with Crippen LogP contribution in [0.2, 0.25) is 0 Å². The number of methoxy groups -OCH3 is 2. The minimum atomic E-state index is -4.59. The van der Waals surface area contributed by atoms with E-state index in [1.807, 2.05) is 48.5 Å². The fourth-order valence-corrected chi connectivity index (χ4v) is 5.25. The summed E-state index contributed by atoms with van der Waals surface area (Å²) in [6.07, 6.45) is 0.0587. The summed E-state index contributed by atoms with van der Waals surface area (Å²) in [4.78, 5) is 13.6. The first-order valence-corrected chi connectivity index (χ1v) is 12.7. The molecule has 0 saturated heterocycles. The molecule has 1 fully saturated rings. The maximum absolute atomic E-state index is 13.6. The van der Waals surface area contributed by atoms with E-state index >= 15 is 0 Å². The van der Waals surface area contributed by atoms with Crippen molar-refractivity contribution in [2.24, 2.45) is 11.0 Å². The van der Waals surface area contributed by atoms with Gasteiger partial charge in [-0.05, 0) is 79.3 Å². The molecule has 0 N–H and O–H groups in total. The van der Waals surface area contributed by atoms with E-state index < -0.39 is 23.8 Å². The zero-order chi connectivity index (χ0) is 27.7. The number of allylic oxidation sites excluding steroid dienone is 1. The Morgan fingerprint density at radius 1 is 1.05 bits per heavy atom. The van der Waals surface area contributed by atoms with E-state index in [4.69, 9.17) is 14.6 Å². The van der Waals surface area contributed by atoms with Crippen molar-refractivity contribution in [2.45, 2.75) is 44.9 Å². The van der Waals surface area contributed by atoms with Gasteiger partial charge in [-0.15, -0.1) is 0 Å². The molecule has 1 aliphatic heterocycles. The third-order valence-corrected chi connectivity index (χ3v) is 7.23. The van der Waals surface area contributed by atoms with Gasteiger partial charge in [-0.3, -0.25) is 9.48 Å². The number of rotatable bonds is 6. The van der Waals surface area contributed by atoms with Crippen LogP contribution >= 0.6 is 0 Å². The van der Waals surface area contributed by atoms with E-state index in [0.29, 0.717) is 5.75 Å². The molecule has 2 heterocycles. The Kier molecular flexibility index (Phi) is 7.20. The third kappa shape index (κ3) is 5.41. The smallest absolute Gasteiger partial charge is 0.435 e. The molecule has 0 bridgehead atoms. The molecule has 39 heavy (non-hydrogen) atoms. The number of aryl methyl sites for hydroxylation is 1. The van der Waals surface area contributed by atoms with E-state index in [-0.39, 0.29) is 18.2 Å². The van der Waals surface area contributed by atoms with Crippen molar-refractivity contribution in [3.63, 3.8) is 0 Å². The van der Waals surface area contributed by atoms with Gasteiger partial charge in [-0.25, -0.2) is 5.01 Å². The highest BCUT2D eigenvalue weighted by molar-refractivity contribution is 6.08. The molecule has 1 saturated carbocycles. The van der Waals surface area contributed by atoms with Gasteiger partial charge >= 0.3 is 6.18 Å². The second kappa shape index (κ2) is 10.6. The van der Waals surface area contributed by atoms with E-state index in [1.165, 1.54) is 11.9 Å². The number of benzene rings is 2. The Bertz CT molecular complexity index is 1410. The predicted octanol–water partition coefficient (Wildman–Crippen LogP) is 6.05. The molecule has 2 atom stereocenters. The van der Waals surface area contributed by atoms with Crippen molar-refractivity contribution in [2.75, 3.05) is 14.2 Å². The fourth-order valence-electron chi connectivity index (χ4n) is 5.25. The lowest BCUT2D eigenvalue weighted by Gasteiger charge is -2.29. The van der Waals surface area contributed by atoms with E-state index in [9.17, 15) is 18.0 Å². The summed E-state index contributed by atoms with van der Waals surface area (Å²) in [7, 11) is 3.20. The van der Waals surface area contributed by atoms with Crippen molar-refractivity contribution in [3.05, 3.63) is 82.7 Å². The number of carbonyl (C=O) groups is 1. The highest BCUT2D eigenvalue weighted by atomic mass is 19.4. The molecule has 1 aliphatic carbocycles. The largest absolute Gasteiger partial charge is 0.497 e. The number of nitrogens with zero attached hydrogens (tertiary/aromatic N) is 4. The molecule has 1 amide bonds. The van der Waals surface area contributed by atoms with Crippen LogP contribution in [0.3, 0.4) is 0 Å². The highest BCUT2D eigenvalue weighted by Gasteiger charge is 2.44. The third-order valence-electron chi connectivity index (χ3n) is 7.23. The van der Waals surface area contributed by atoms with Crippen molar-refractivity contribution < 1.29 is 27.4 Å². The molecule has 10 heteroatoms. The molecule has 0 unspecified atom stereocenters. The Balaban J connectivity index is 1.50. The van der Waals surface area contributed by atoms with Crippen LogP contribution in [-0.2, 0) is 17.5 Å². The first-order chi connectivity index (χ1) is 18.7. The number of hydrogen-bond donors (Lipinski definition) is 0. The van der Waals surface area contributed by atoms with Crippen molar-refractivity contribution in [1.29, 1.82) is 0 Å². The number of amides is 1. The Morgan fingerprint density at radius 2 is 1.69 bits per heavy atom. The average molecular weight is 539 g/mol. The number of carbonyl (C=O) groups excluding carboxylic acids is 1. The number of aromatic nitrogens is 2. The van der Waals surface area contributed by atoms with Gasteiger partial charge < -0.3 is 9.47 Å². The molecule has 2 aliphatic rings. The van der Waals surface area contributed by atoms with Crippen molar-refractivity contribution in [3.8, 4) is 11.5 Å². The molecule has 3 aromatic rings. The highest BCUT2D eigenvalue weighted by Crippen LogP contribution is 2.45. The van der Waals surface area contributed by atoms with Crippen molar-refractivity contribution in [1.82, 2.24) is 14.8 Å². The molecule has 2 aromatic carbocycles. The van der Waals surface area contributed by atoms with Crippen LogP contribution < -0.4 is 9.47 Å². The lowest BCUT2D eigenvalue weighted by molar-refractivity contribution is -0.142. The molecule has 0 spiro atoms. The van der Waals surface area contributed by atoms with Gasteiger partial charge in [0.1, 0.15) is 18.0 Å². The van der Waals surface area contributed by atoms with Crippen LogP contribution in [0, 0.1) is 12.8 Å². The van der Waals surface area contributed by atoms with Crippen LogP contribution in [0.5, 0.6) is 11.5 Å². The summed E-state index contributed by atoms with van der Waals surface area (Å²) >= 11 is 0. The van der Waals surface area contributed by atoms with E-state index in [2.05, 4.69) is 11.2 Å². The molecule has 5 rings (SSSR count). The first kappa shape index (κ1) is 26.5. The second-order valence-corrected chi connectivity index (χ2v) is 9.71. The van der Waals surface area contributed by atoms with Crippen molar-refractivity contribution >= 4 is 17.7 Å². The molecular weight excluding hydrogens is 509 g/mol. The van der Waals surface area contributed by atoms with Gasteiger partial charge in [0.15, 0.2) is 5.69 Å². The molecule has 0 radical (unpaired) electrons. The number of hydrogen-bond acceptors (Lipinski definition) is 5. The van der Waals surface area contributed by atoms with E-state index in [0.717, 1.165) is 58.2 Å². The lowest BCUT2D eigenvalue weighted by Crippen LogP contribution is -2.34. The Labute approximate surface area is 224 Å². The molecule has 7 nitrogen and oxygen atoms in total. The Morgan fingerprint density at radius 3 is 2.28 bits per heavy atom. The fraction of sp³-hybridized carbons (Fsp3) is 0.345. The van der Waals surface area contributed by atoms with Gasteiger partial charge in [0, 0.05) is 11.6 Å². The lowest BCUT2D eigenvalue weighted by atomic mass is 9.77. The number of alkyl halides is 3. The predicted molar refractivity (Wildman–Crippen MR) is 140 cm³/mol. The minimum absolute atomic E-state index is 0.0509. The average Bonchev–Trinajstić information content (AvgIpc) is 3.50. The molecular formula is C29H29F3N4O3. The van der Waals surface area contributed by atoms with Crippen LogP contribution in [-0.4, -0.2) is 40.6 Å². The Hall–Kier alpha value is -4.08. The summed E-state index contributed by atoms with van der Waals surface area (Å²) in [5.74, 6) is 0.966. The first-order valence-electron chi connectivity index (χ1n) is 12.7. The number of halogens is 3. The minimum Gasteiger partial charge on any atom is -0.497 e. The van der Waals surface area contributed by atoms with Crippen LogP contribution in [0.4, 0.5) is 13.2 Å². The molecule has 204 valence electrons. The number of hydrazone groups is 1. The van der Waals surface area contributed by atoms with E-state index in [1.54, 1.807) is 14.2 Å². The summed E-state index contributed by atoms with van der Waals surface area (Å²) < 4.78 is 51.3. The maximum atomic E-state index is 13.6. The topological polar surface area (TPSA) is 69.0 Å². The van der Waals surface area contributed by atoms with Crippen LogP contribution in [0.1, 0.15) is 47.8 Å². The quantitative estimate of drug-likeness (QED) is 0.383. The van der Waals surface area contributed by atoms with Gasteiger partial charge in [0.05, 0.1) is 26.0 Å². The standard InChI is InChI=1S/C29H29F3N4O3/c1-18-15-25(29(30,31)32)33-35(18)17-26(37)36-28(20-9-13-23(39-3)14-10-20)24-6-4-5-21(27(24)34-36)16-19-7-11-22(38-2)12-8-19/h7-16,24,28H,4-6,17H2,1-3H3/b21-16+/t24-,28-/m0/s1. The summed E-state index contributed by atoms with van der Waals surface area (Å²) in [5, 5.41) is 9.90. The van der Waals surface area contributed by atoms with Crippen LogP contribution in [0.25, 0.3) is 6.08 Å². The SMILES string of the molecule is COc1ccc(/C=C2\CCC[C@H]3C2=NN(C(=O)Cn2nc(C(F)(F)F)cc2C)[C@H]3c2ccc(OC)cc2)cc1. The van der Waals surface area contributed by atoms with Crippen LogP contribution in [0.15, 0.2) is 65.3 Å². The summed E-state index contributed by atoms with van der Waals surface area (Å²) in [5.41, 5.74) is 2.98. The van der Waals surface area contributed by atoms with Gasteiger partial charge in [0.2, 0.25) is 0 Å². The normalized spacial score (nSPS) is 20.1. The molecule has 1 aromatic heterocycles. The summed E-state index contributed by atoms with van der Waals surface area (Å²) in [6, 6.07) is 15.7. The van der Waals surface area contributed by atoms with Gasteiger partial charge in [0.25, 0.3) is 5.91 Å². The maximum Gasteiger partial charge on any atom is 0.435 e. The zero-order valence-corrected chi connectivity index (χ0v) is 21.9. The van der Waals surface area contributed by atoms with Gasteiger partial charge in [-0.2, -0.15) is 23.4 Å². The zero-order valence-electron chi connectivity index (χ0n) is 21.9. The van der Waals surface area contributed by atoms with Gasteiger partial charge in [-0.1, -0.05) is 24.3 Å². The number of fused-ring (bicyclic) bond motifs is 1. The summed E-state index contributed by atoms with van der Waals surface area (Å²) in [6.45, 7) is 1.15. The second-order valence-electron chi connectivity index (χ2n) is 9.71.